The molecule has 0 unspecified atom stereocenters. The van der Waals surface area contributed by atoms with E-state index in [0.717, 1.165) is 29.6 Å². The zero-order valence-corrected chi connectivity index (χ0v) is 13.8. The van der Waals surface area contributed by atoms with Crippen molar-refractivity contribution in [1.29, 1.82) is 0 Å². The third-order valence-corrected chi connectivity index (χ3v) is 4.12. The Morgan fingerprint density at radius 3 is 1.96 bits per heavy atom. The van der Waals surface area contributed by atoms with E-state index in [1.165, 1.54) is 6.07 Å². The molecule has 0 saturated heterocycles. The maximum Gasteiger partial charge on any atom is 0.417 e. The minimum atomic E-state index is -4.43. The van der Waals surface area contributed by atoms with Gasteiger partial charge in [-0.15, -0.1) is 0 Å². The molecule has 2 nitrogen and oxygen atoms in total. The number of pyridine rings is 1. The maximum atomic E-state index is 12.5. The fourth-order valence-electron chi connectivity index (χ4n) is 1.87. The molecule has 23 heavy (non-hydrogen) atoms. The molecule has 0 aliphatic carbocycles. The number of nitrogens with zero attached hydrogens (tertiary/aromatic N) is 1. The quantitative estimate of drug-likeness (QED) is 0.693. The van der Waals surface area contributed by atoms with Gasteiger partial charge in [-0.2, -0.15) is 13.2 Å². The third-order valence-electron chi connectivity index (χ3n) is 3.25. The number of thioether (sulfide) groups is 1. The minimum absolute atomic E-state index is 0.0102. The van der Waals surface area contributed by atoms with Crippen LogP contribution in [-0.2, 0) is 11.6 Å². The van der Waals surface area contributed by atoms with Crippen molar-refractivity contribution in [3.05, 3.63) is 59.3 Å². The van der Waals surface area contributed by atoms with Crippen molar-refractivity contribution in [2.45, 2.75) is 37.4 Å². The van der Waals surface area contributed by atoms with Crippen LogP contribution >= 0.6 is 11.8 Å². The van der Waals surface area contributed by atoms with E-state index in [9.17, 15) is 18.0 Å². The Hall–Kier alpha value is -1.82. The van der Waals surface area contributed by atoms with Gasteiger partial charge < -0.3 is 0 Å². The van der Waals surface area contributed by atoms with Gasteiger partial charge in [-0.05, 0) is 34.9 Å². The van der Waals surface area contributed by atoms with Crippen LogP contribution < -0.4 is 0 Å². The van der Waals surface area contributed by atoms with Crippen LogP contribution in [0, 0.1) is 0 Å². The second-order valence-electron chi connectivity index (χ2n) is 6.10. The van der Waals surface area contributed by atoms with Gasteiger partial charge in [0.15, 0.2) is 0 Å². The number of aromatic nitrogens is 1. The second kappa shape index (κ2) is 6.35. The first-order chi connectivity index (χ1) is 10.6. The summed E-state index contributed by atoms with van der Waals surface area (Å²) < 4.78 is 37.4. The molecule has 0 N–H and O–H groups in total. The lowest BCUT2D eigenvalue weighted by atomic mass is 9.87. The van der Waals surface area contributed by atoms with E-state index < -0.39 is 11.7 Å². The fourth-order valence-corrected chi connectivity index (χ4v) is 2.55. The molecule has 1 heterocycles. The summed E-state index contributed by atoms with van der Waals surface area (Å²) in [5.74, 6) is 0. The van der Waals surface area contributed by atoms with Crippen LogP contribution in [0.15, 0.2) is 47.6 Å². The molecule has 0 radical (unpaired) electrons. The number of alkyl halides is 3. The van der Waals surface area contributed by atoms with E-state index in [4.69, 9.17) is 0 Å². The fraction of sp³-hybridized carbons (Fsp3) is 0.294. The zero-order chi connectivity index (χ0) is 17.3. The van der Waals surface area contributed by atoms with Crippen LogP contribution in [0.3, 0.4) is 0 Å². The van der Waals surface area contributed by atoms with Gasteiger partial charge in [0.25, 0.3) is 0 Å². The lowest BCUT2D eigenvalue weighted by molar-refractivity contribution is -0.137. The molecule has 2 aromatic rings. The molecular formula is C17H16F3NOS. The summed E-state index contributed by atoms with van der Waals surface area (Å²) >= 11 is 0.812. The molecule has 1 aromatic carbocycles. The molecule has 6 heteroatoms. The van der Waals surface area contributed by atoms with Gasteiger partial charge in [0.1, 0.15) is 5.03 Å². The molecular weight excluding hydrogens is 323 g/mol. The molecule has 122 valence electrons. The van der Waals surface area contributed by atoms with Gasteiger partial charge in [0, 0.05) is 11.8 Å². The van der Waals surface area contributed by atoms with Gasteiger partial charge in [-0.25, -0.2) is 4.98 Å². The average molecular weight is 339 g/mol. The van der Waals surface area contributed by atoms with E-state index in [1.807, 2.05) is 12.1 Å². The van der Waals surface area contributed by atoms with Gasteiger partial charge >= 0.3 is 6.18 Å². The molecule has 0 atom stereocenters. The van der Waals surface area contributed by atoms with Crippen molar-refractivity contribution in [3.63, 3.8) is 0 Å². The number of carbonyl (C=O) groups is 1. The van der Waals surface area contributed by atoms with Gasteiger partial charge in [0.2, 0.25) is 5.12 Å². The number of carbonyl (C=O) groups excluding carboxylic acids is 1. The molecule has 0 saturated carbocycles. The standard InChI is InChI=1S/C17H16F3NOS/c1-16(2,3)12-6-4-11(5-7-12)15(22)23-14-9-8-13(10-21-14)17(18,19)20/h4-10H,1-3H3. The highest BCUT2D eigenvalue weighted by atomic mass is 32.2. The normalized spacial score (nSPS) is 12.3. The summed E-state index contributed by atoms with van der Waals surface area (Å²) in [6, 6.07) is 9.34. The lowest BCUT2D eigenvalue weighted by Gasteiger charge is -2.18. The van der Waals surface area contributed by atoms with Crippen LogP contribution in [0.5, 0.6) is 0 Å². The summed E-state index contributed by atoms with van der Waals surface area (Å²) in [6.07, 6.45) is -3.69. The van der Waals surface area contributed by atoms with Crippen LogP contribution in [-0.4, -0.2) is 10.1 Å². The Morgan fingerprint density at radius 1 is 0.957 bits per heavy atom. The number of rotatable bonds is 2. The lowest BCUT2D eigenvalue weighted by Crippen LogP contribution is -2.11. The first kappa shape index (κ1) is 17.5. The first-order valence-electron chi connectivity index (χ1n) is 6.93. The van der Waals surface area contributed by atoms with E-state index in [1.54, 1.807) is 12.1 Å². The number of halogens is 3. The highest BCUT2D eigenvalue weighted by Crippen LogP contribution is 2.30. The largest absolute Gasteiger partial charge is 0.417 e. The summed E-state index contributed by atoms with van der Waals surface area (Å²) in [7, 11) is 0. The molecule has 0 aliphatic rings. The van der Waals surface area contributed by atoms with Crippen LogP contribution in [0.25, 0.3) is 0 Å². The SMILES string of the molecule is CC(C)(C)c1ccc(C(=O)Sc2ccc(C(F)(F)F)cn2)cc1. The molecule has 0 bridgehead atoms. The van der Waals surface area contributed by atoms with E-state index >= 15 is 0 Å². The predicted octanol–water partition coefficient (Wildman–Crippen LogP) is 5.33. The topological polar surface area (TPSA) is 30.0 Å². The van der Waals surface area contributed by atoms with Crippen molar-refractivity contribution in [2.24, 2.45) is 0 Å². The molecule has 1 aromatic heterocycles. The molecule has 0 aliphatic heterocycles. The predicted molar refractivity (Wildman–Crippen MR) is 84.6 cm³/mol. The van der Waals surface area contributed by atoms with Crippen molar-refractivity contribution < 1.29 is 18.0 Å². The smallest absolute Gasteiger partial charge is 0.281 e. The highest BCUT2D eigenvalue weighted by molar-refractivity contribution is 8.14. The monoisotopic (exact) mass is 339 g/mol. The van der Waals surface area contributed by atoms with Crippen LogP contribution in [0.4, 0.5) is 13.2 Å². The third kappa shape index (κ3) is 4.58. The second-order valence-corrected chi connectivity index (χ2v) is 7.09. The zero-order valence-electron chi connectivity index (χ0n) is 12.9. The summed E-state index contributed by atoms with van der Waals surface area (Å²) in [5, 5.41) is -0.0133. The molecule has 0 spiro atoms. The Balaban J connectivity index is 2.10. The van der Waals surface area contributed by atoms with Crippen LogP contribution in [0.1, 0.15) is 42.3 Å². The van der Waals surface area contributed by atoms with Gasteiger partial charge in [0.05, 0.1) is 5.56 Å². The minimum Gasteiger partial charge on any atom is -0.281 e. The average Bonchev–Trinajstić information content (AvgIpc) is 2.46. The van der Waals surface area contributed by atoms with Crippen molar-refractivity contribution in [1.82, 2.24) is 4.98 Å². The first-order valence-corrected chi connectivity index (χ1v) is 7.75. The Morgan fingerprint density at radius 2 is 1.52 bits per heavy atom. The van der Waals surface area contributed by atoms with E-state index in [-0.39, 0.29) is 15.6 Å². The Bertz CT molecular complexity index is 686. The van der Waals surface area contributed by atoms with Gasteiger partial charge in [-0.1, -0.05) is 45.0 Å². The van der Waals surface area contributed by atoms with Gasteiger partial charge in [-0.3, -0.25) is 4.79 Å². The summed E-state index contributed by atoms with van der Waals surface area (Å²) in [4.78, 5) is 15.8. The number of benzene rings is 1. The van der Waals surface area contributed by atoms with E-state index in [0.29, 0.717) is 5.56 Å². The summed E-state index contributed by atoms with van der Waals surface area (Å²) in [5.41, 5.74) is 0.754. The maximum absolute atomic E-state index is 12.5. The Labute approximate surface area is 137 Å². The van der Waals surface area contributed by atoms with Crippen molar-refractivity contribution in [2.75, 3.05) is 0 Å². The highest BCUT2D eigenvalue weighted by Gasteiger charge is 2.30. The van der Waals surface area contributed by atoms with E-state index in [2.05, 4.69) is 25.8 Å². The number of hydrogen-bond donors (Lipinski definition) is 0. The van der Waals surface area contributed by atoms with Crippen LogP contribution in [0.2, 0.25) is 0 Å². The summed E-state index contributed by atoms with van der Waals surface area (Å²) in [6.45, 7) is 6.22. The van der Waals surface area contributed by atoms with Crippen molar-refractivity contribution >= 4 is 16.9 Å². The molecule has 2 rings (SSSR count). The number of hydrogen-bond acceptors (Lipinski definition) is 3. The molecule has 0 fully saturated rings. The van der Waals surface area contributed by atoms with Crippen molar-refractivity contribution in [3.8, 4) is 0 Å². The molecule has 0 amide bonds. The Kier molecular flexibility index (Phi) is 4.84.